The zero-order valence-electron chi connectivity index (χ0n) is 16.3. The maximum atomic E-state index is 12.4. The van der Waals surface area contributed by atoms with Crippen molar-refractivity contribution in [2.75, 3.05) is 5.32 Å². The highest BCUT2D eigenvalue weighted by atomic mass is 32.1. The number of rotatable bonds is 7. The number of carboxylic acids is 1. The van der Waals surface area contributed by atoms with Crippen LogP contribution in [0.4, 0.5) is 5.00 Å². The number of hydrogen-bond acceptors (Lipinski definition) is 5. The van der Waals surface area contributed by atoms with Crippen LogP contribution in [0.3, 0.4) is 0 Å². The third-order valence-electron chi connectivity index (χ3n) is 5.21. The number of nitrogens with two attached hydrogens (primary N) is 1. The van der Waals surface area contributed by atoms with Crippen molar-refractivity contribution in [2.45, 2.75) is 52.5 Å². The van der Waals surface area contributed by atoms with E-state index in [0.29, 0.717) is 24.4 Å². The second-order valence-corrected chi connectivity index (χ2v) is 9.20. The Morgan fingerprint density at radius 3 is 2.54 bits per heavy atom. The molecular weight excluding hydrogens is 374 g/mol. The Balaban J connectivity index is 1.67. The molecule has 0 fully saturated rings. The van der Waals surface area contributed by atoms with Crippen LogP contribution in [-0.4, -0.2) is 17.0 Å². The predicted octanol–water partition coefficient (Wildman–Crippen LogP) is 3.50. The van der Waals surface area contributed by atoms with Crippen LogP contribution in [0, 0.1) is 5.41 Å². The van der Waals surface area contributed by atoms with Gasteiger partial charge in [-0.2, -0.15) is 0 Å². The quantitative estimate of drug-likeness (QED) is 0.420. The SMILES string of the molecule is CC1(C)CCc2sc(NC(=O)CCc3ccc(CNN)cc3)c(C(=O)O)c2C1. The Kier molecular flexibility index (Phi) is 6.17. The highest BCUT2D eigenvalue weighted by molar-refractivity contribution is 7.17. The number of aromatic carboxylic acids is 1. The predicted molar refractivity (Wildman–Crippen MR) is 112 cm³/mol. The van der Waals surface area contributed by atoms with Crippen molar-refractivity contribution in [3.8, 4) is 0 Å². The van der Waals surface area contributed by atoms with Gasteiger partial charge in [-0.25, -0.2) is 4.79 Å². The lowest BCUT2D eigenvalue weighted by atomic mass is 9.76. The molecule has 1 aliphatic rings. The van der Waals surface area contributed by atoms with Gasteiger partial charge < -0.3 is 10.4 Å². The van der Waals surface area contributed by atoms with Gasteiger partial charge in [-0.05, 0) is 47.8 Å². The first kappa shape index (κ1) is 20.5. The summed E-state index contributed by atoms with van der Waals surface area (Å²) in [5.41, 5.74) is 6.01. The van der Waals surface area contributed by atoms with Gasteiger partial charge in [0.15, 0.2) is 0 Å². The third-order valence-corrected chi connectivity index (χ3v) is 6.42. The number of aryl methyl sites for hydroxylation is 2. The molecule has 0 aliphatic heterocycles. The van der Waals surface area contributed by atoms with Gasteiger partial charge in [-0.15, -0.1) is 11.3 Å². The average Bonchev–Trinajstić information content (AvgIpc) is 2.97. The Morgan fingerprint density at radius 2 is 1.89 bits per heavy atom. The first-order valence-electron chi connectivity index (χ1n) is 9.48. The van der Waals surface area contributed by atoms with Crippen LogP contribution in [0.2, 0.25) is 0 Å². The molecule has 0 radical (unpaired) electrons. The summed E-state index contributed by atoms with van der Waals surface area (Å²) in [4.78, 5) is 25.4. The molecule has 1 aromatic carbocycles. The van der Waals surface area contributed by atoms with E-state index in [2.05, 4.69) is 24.6 Å². The van der Waals surface area contributed by atoms with E-state index < -0.39 is 5.97 Å². The first-order chi connectivity index (χ1) is 13.3. The zero-order chi connectivity index (χ0) is 20.3. The molecule has 0 saturated carbocycles. The molecule has 28 heavy (non-hydrogen) atoms. The second kappa shape index (κ2) is 8.43. The van der Waals surface area contributed by atoms with Crippen molar-refractivity contribution in [3.05, 3.63) is 51.4 Å². The standard InChI is InChI=1S/C21H27N3O3S/c1-21(2)10-9-16-15(11-21)18(20(26)27)19(28-16)24-17(25)8-7-13-3-5-14(6-4-13)12-23-22/h3-6,23H,7-12,22H2,1-2H3,(H,24,25)(H,26,27). The van der Waals surface area contributed by atoms with E-state index in [1.54, 1.807) is 0 Å². The Bertz CT molecular complexity index is 872. The van der Waals surface area contributed by atoms with Crippen LogP contribution in [0.15, 0.2) is 24.3 Å². The van der Waals surface area contributed by atoms with E-state index in [-0.39, 0.29) is 16.9 Å². The highest BCUT2D eigenvalue weighted by Crippen LogP contribution is 2.43. The number of carbonyl (C=O) groups is 2. The molecule has 0 atom stereocenters. The fraction of sp³-hybridized carbons (Fsp3) is 0.429. The summed E-state index contributed by atoms with van der Waals surface area (Å²) in [5.74, 6) is 4.19. The van der Waals surface area contributed by atoms with E-state index in [1.807, 2.05) is 24.3 Å². The minimum Gasteiger partial charge on any atom is -0.478 e. The average molecular weight is 402 g/mol. The Labute approximate surface area is 169 Å². The van der Waals surface area contributed by atoms with Crippen molar-refractivity contribution < 1.29 is 14.7 Å². The molecule has 1 heterocycles. The van der Waals surface area contributed by atoms with Crippen molar-refractivity contribution in [3.63, 3.8) is 0 Å². The Morgan fingerprint density at radius 1 is 1.21 bits per heavy atom. The fourth-order valence-corrected chi connectivity index (χ4v) is 4.85. The summed E-state index contributed by atoms with van der Waals surface area (Å²) >= 11 is 1.42. The summed E-state index contributed by atoms with van der Waals surface area (Å²) in [5, 5.41) is 13.0. The molecule has 7 heteroatoms. The van der Waals surface area contributed by atoms with Crippen LogP contribution < -0.4 is 16.6 Å². The molecule has 1 amide bonds. The largest absolute Gasteiger partial charge is 0.478 e. The summed E-state index contributed by atoms with van der Waals surface area (Å²) in [6.45, 7) is 4.91. The molecule has 0 bridgehead atoms. The fourth-order valence-electron chi connectivity index (χ4n) is 3.62. The van der Waals surface area contributed by atoms with Crippen molar-refractivity contribution in [1.82, 2.24) is 5.43 Å². The highest BCUT2D eigenvalue weighted by Gasteiger charge is 2.33. The summed E-state index contributed by atoms with van der Waals surface area (Å²) in [7, 11) is 0. The normalized spacial score (nSPS) is 15.1. The number of benzene rings is 1. The molecule has 6 nitrogen and oxygen atoms in total. The minimum atomic E-state index is -0.963. The molecule has 2 aromatic rings. The van der Waals surface area contributed by atoms with Crippen LogP contribution in [-0.2, 0) is 30.6 Å². The smallest absolute Gasteiger partial charge is 0.339 e. The number of carboxylic acid groups (broad SMARTS) is 1. The number of hydrogen-bond donors (Lipinski definition) is 4. The lowest BCUT2D eigenvalue weighted by Crippen LogP contribution is -2.22. The van der Waals surface area contributed by atoms with Gasteiger partial charge in [0.1, 0.15) is 5.00 Å². The molecule has 3 rings (SSSR count). The number of nitrogens with one attached hydrogen (secondary N) is 2. The lowest BCUT2D eigenvalue weighted by Gasteiger charge is -2.29. The van der Waals surface area contributed by atoms with Crippen molar-refractivity contribution in [1.29, 1.82) is 0 Å². The number of carbonyl (C=O) groups excluding carboxylic acids is 1. The number of anilines is 1. The van der Waals surface area contributed by atoms with Gasteiger partial charge >= 0.3 is 5.97 Å². The summed E-state index contributed by atoms with van der Waals surface area (Å²) in [6.07, 6.45) is 3.54. The third kappa shape index (κ3) is 4.79. The second-order valence-electron chi connectivity index (χ2n) is 8.10. The molecule has 0 saturated heterocycles. The molecule has 0 spiro atoms. The zero-order valence-corrected chi connectivity index (χ0v) is 17.1. The van der Waals surface area contributed by atoms with Crippen LogP contribution in [0.25, 0.3) is 0 Å². The summed E-state index contributed by atoms with van der Waals surface area (Å²) in [6, 6.07) is 7.92. The van der Waals surface area contributed by atoms with E-state index in [1.165, 1.54) is 11.3 Å². The van der Waals surface area contributed by atoms with Crippen LogP contribution in [0.1, 0.15) is 58.6 Å². The van der Waals surface area contributed by atoms with E-state index in [4.69, 9.17) is 5.84 Å². The molecule has 150 valence electrons. The van der Waals surface area contributed by atoms with Gasteiger partial charge in [0, 0.05) is 17.8 Å². The van der Waals surface area contributed by atoms with Crippen LogP contribution >= 0.6 is 11.3 Å². The maximum absolute atomic E-state index is 12.4. The molecule has 1 aliphatic carbocycles. The van der Waals surface area contributed by atoms with E-state index in [9.17, 15) is 14.7 Å². The molecular formula is C21H27N3O3S. The lowest BCUT2D eigenvalue weighted by molar-refractivity contribution is -0.116. The minimum absolute atomic E-state index is 0.0884. The maximum Gasteiger partial charge on any atom is 0.339 e. The molecule has 1 aromatic heterocycles. The van der Waals surface area contributed by atoms with Gasteiger partial charge in [0.05, 0.1) is 5.56 Å². The number of hydrazine groups is 1. The molecule has 5 N–H and O–H groups in total. The van der Waals surface area contributed by atoms with Crippen molar-refractivity contribution in [2.24, 2.45) is 11.3 Å². The summed E-state index contributed by atoms with van der Waals surface area (Å²) < 4.78 is 0. The Hall–Kier alpha value is -2.22. The van der Waals surface area contributed by atoms with Gasteiger partial charge in [-0.3, -0.25) is 16.1 Å². The number of thiophene rings is 1. The van der Waals surface area contributed by atoms with Gasteiger partial charge in [-0.1, -0.05) is 38.1 Å². The van der Waals surface area contributed by atoms with Gasteiger partial charge in [0.2, 0.25) is 5.91 Å². The molecule has 0 unspecified atom stereocenters. The number of amides is 1. The van der Waals surface area contributed by atoms with Gasteiger partial charge in [0.25, 0.3) is 0 Å². The van der Waals surface area contributed by atoms with E-state index in [0.717, 1.165) is 40.8 Å². The van der Waals surface area contributed by atoms with E-state index >= 15 is 0 Å². The first-order valence-corrected chi connectivity index (χ1v) is 10.3. The van der Waals surface area contributed by atoms with Crippen LogP contribution in [0.5, 0.6) is 0 Å². The monoisotopic (exact) mass is 401 g/mol. The topological polar surface area (TPSA) is 104 Å². The number of fused-ring (bicyclic) bond motifs is 1. The van der Waals surface area contributed by atoms with Crippen molar-refractivity contribution >= 4 is 28.2 Å².